The molecular formula is C28H46O4. The third-order valence-corrected chi connectivity index (χ3v) is 5.96. The average Bonchev–Trinajstić information content (AvgIpc) is 2.81. The number of esters is 2. The number of unbranched alkanes of at least 4 members (excludes halogenated alkanes) is 11. The average molecular weight is 447 g/mol. The first-order chi connectivity index (χ1) is 15.6. The third-order valence-electron chi connectivity index (χ3n) is 5.96. The number of hydrogen-bond acceptors (Lipinski definition) is 4. The number of benzene rings is 1. The summed E-state index contributed by atoms with van der Waals surface area (Å²) in [7, 11) is 0. The lowest BCUT2D eigenvalue weighted by molar-refractivity contribution is 0.0257. The summed E-state index contributed by atoms with van der Waals surface area (Å²) >= 11 is 0. The minimum absolute atomic E-state index is 0.106. The van der Waals surface area contributed by atoms with Crippen LogP contribution in [0.25, 0.3) is 0 Å². The van der Waals surface area contributed by atoms with Gasteiger partial charge in [0.15, 0.2) is 0 Å². The molecule has 1 aromatic carbocycles. The van der Waals surface area contributed by atoms with E-state index in [9.17, 15) is 9.59 Å². The predicted octanol–water partition coefficient (Wildman–Crippen LogP) is 8.28. The highest BCUT2D eigenvalue weighted by Crippen LogP contribution is 2.17. The van der Waals surface area contributed by atoms with Crippen molar-refractivity contribution in [1.82, 2.24) is 0 Å². The second-order valence-corrected chi connectivity index (χ2v) is 8.79. The molecule has 1 atom stereocenters. The van der Waals surface area contributed by atoms with Gasteiger partial charge in [-0.05, 0) is 37.8 Å². The van der Waals surface area contributed by atoms with Crippen molar-refractivity contribution < 1.29 is 19.1 Å². The van der Waals surface area contributed by atoms with Crippen LogP contribution in [-0.4, -0.2) is 24.6 Å². The Morgan fingerprint density at radius 1 is 0.688 bits per heavy atom. The van der Waals surface area contributed by atoms with Gasteiger partial charge in [0, 0.05) is 0 Å². The summed E-state index contributed by atoms with van der Waals surface area (Å²) < 4.78 is 11.2. The number of ether oxygens (including phenoxy) is 2. The fourth-order valence-electron chi connectivity index (χ4n) is 3.85. The smallest absolute Gasteiger partial charge is 0.339 e. The molecule has 0 fully saturated rings. The summed E-state index contributed by atoms with van der Waals surface area (Å²) in [6.45, 7) is 6.86. The normalized spacial score (nSPS) is 11.8. The lowest BCUT2D eigenvalue weighted by Gasteiger charge is -2.17. The van der Waals surface area contributed by atoms with E-state index in [1.54, 1.807) is 24.3 Å². The van der Waals surface area contributed by atoms with Crippen molar-refractivity contribution in [2.45, 2.75) is 123 Å². The fraction of sp³-hybridized carbons (Fsp3) is 0.714. The van der Waals surface area contributed by atoms with Gasteiger partial charge in [0.05, 0.1) is 17.7 Å². The molecule has 0 saturated heterocycles. The largest absolute Gasteiger partial charge is 0.462 e. The van der Waals surface area contributed by atoms with Gasteiger partial charge in [0.2, 0.25) is 0 Å². The van der Waals surface area contributed by atoms with Crippen LogP contribution in [0.2, 0.25) is 0 Å². The molecule has 0 aliphatic carbocycles. The topological polar surface area (TPSA) is 52.6 Å². The number of carbonyl (C=O) groups excluding carboxylic acids is 2. The number of carbonyl (C=O) groups is 2. The summed E-state index contributed by atoms with van der Waals surface area (Å²) in [6, 6.07) is 6.83. The quantitative estimate of drug-likeness (QED) is 0.158. The molecule has 0 aromatic heterocycles. The minimum Gasteiger partial charge on any atom is -0.462 e. The maximum absolute atomic E-state index is 12.8. The van der Waals surface area contributed by atoms with E-state index in [4.69, 9.17) is 9.47 Å². The van der Waals surface area contributed by atoms with E-state index in [0.29, 0.717) is 17.7 Å². The van der Waals surface area contributed by atoms with E-state index in [1.807, 2.05) is 6.92 Å². The van der Waals surface area contributed by atoms with Gasteiger partial charge >= 0.3 is 11.9 Å². The van der Waals surface area contributed by atoms with Crippen LogP contribution in [0.1, 0.15) is 138 Å². The van der Waals surface area contributed by atoms with Crippen LogP contribution < -0.4 is 0 Å². The van der Waals surface area contributed by atoms with Gasteiger partial charge in [0.25, 0.3) is 0 Å². The Morgan fingerprint density at radius 3 is 1.75 bits per heavy atom. The Balaban J connectivity index is 2.43. The van der Waals surface area contributed by atoms with Gasteiger partial charge in [-0.1, -0.05) is 104 Å². The SMILES string of the molecule is CCCCCCCCCCOC(=O)c1ccccc1C(=O)OC(CC)CCCCCCC. The predicted molar refractivity (Wildman–Crippen MR) is 132 cm³/mol. The van der Waals surface area contributed by atoms with Gasteiger partial charge in [-0.3, -0.25) is 0 Å². The zero-order valence-electron chi connectivity index (χ0n) is 20.8. The Morgan fingerprint density at radius 2 is 1.19 bits per heavy atom. The van der Waals surface area contributed by atoms with E-state index >= 15 is 0 Å². The molecular weight excluding hydrogens is 400 g/mol. The van der Waals surface area contributed by atoms with Crippen molar-refractivity contribution in [2.24, 2.45) is 0 Å². The Bertz CT molecular complexity index is 626. The molecule has 0 amide bonds. The maximum Gasteiger partial charge on any atom is 0.339 e. The van der Waals surface area contributed by atoms with Crippen LogP contribution in [0.15, 0.2) is 24.3 Å². The van der Waals surface area contributed by atoms with Crippen molar-refractivity contribution in [3.8, 4) is 0 Å². The van der Waals surface area contributed by atoms with Gasteiger partial charge in [-0.2, -0.15) is 0 Å². The molecule has 0 N–H and O–H groups in total. The van der Waals surface area contributed by atoms with Gasteiger partial charge in [-0.15, -0.1) is 0 Å². The zero-order chi connectivity index (χ0) is 23.4. The molecule has 1 unspecified atom stereocenters. The van der Waals surface area contributed by atoms with Crippen LogP contribution >= 0.6 is 0 Å². The number of hydrogen-bond donors (Lipinski definition) is 0. The van der Waals surface area contributed by atoms with Crippen molar-refractivity contribution in [3.63, 3.8) is 0 Å². The van der Waals surface area contributed by atoms with Gasteiger partial charge < -0.3 is 9.47 Å². The number of rotatable bonds is 19. The molecule has 0 aliphatic heterocycles. The van der Waals surface area contributed by atoms with E-state index < -0.39 is 11.9 Å². The first kappa shape index (κ1) is 28.2. The summed E-state index contributed by atoms with van der Waals surface area (Å²) in [4.78, 5) is 25.3. The van der Waals surface area contributed by atoms with Crippen LogP contribution in [0.3, 0.4) is 0 Å². The van der Waals surface area contributed by atoms with Gasteiger partial charge in [-0.25, -0.2) is 9.59 Å². The van der Waals surface area contributed by atoms with E-state index in [2.05, 4.69) is 13.8 Å². The second-order valence-electron chi connectivity index (χ2n) is 8.79. The molecule has 1 rings (SSSR count). The van der Waals surface area contributed by atoms with Crippen molar-refractivity contribution >= 4 is 11.9 Å². The van der Waals surface area contributed by atoms with E-state index in [1.165, 1.54) is 64.2 Å². The fourth-order valence-corrected chi connectivity index (χ4v) is 3.85. The highest BCUT2D eigenvalue weighted by molar-refractivity contribution is 6.03. The van der Waals surface area contributed by atoms with Crippen LogP contribution in [0, 0.1) is 0 Å². The second kappa shape index (κ2) is 18.7. The van der Waals surface area contributed by atoms with E-state index in [0.717, 1.165) is 32.1 Å². The summed E-state index contributed by atoms with van der Waals surface area (Å²) in [6.07, 6.45) is 17.0. The standard InChI is InChI=1S/C28H46O4/c1-4-7-9-11-12-13-15-19-23-31-27(29)25-21-17-18-22-26(25)28(30)32-24(6-3)20-16-14-10-8-5-2/h17-18,21-22,24H,4-16,19-20,23H2,1-3H3. The summed E-state index contributed by atoms with van der Waals surface area (Å²) in [5, 5.41) is 0. The molecule has 0 heterocycles. The molecule has 0 aliphatic rings. The lowest BCUT2D eigenvalue weighted by atomic mass is 10.1. The monoisotopic (exact) mass is 446 g/mol. The molecule has 0 bridgehead atoms. The van der Waals surface area contributed by atoms with Gasteiger partial charge in [0.1, 0.15) is 6.10 Å². The first-order valence-corrected chi connectivity index (χ1v) is 13.1. The summed E-state index contributed by atoms with van der Waals surface area (Å²) in [5.74, 6) is -0.863. The highest BCUT2D eigenvalue weighted by atomic mass is 16.5. The first-order valence-electron chi connectivity index (χ1n) is 13.1. The highest BCUT2D eigenvalue weighted by Gasteiger charge is 2.21. The Labute approximate surface area is 196 Å². The molecule has 32 heavy (non-hydrogen) atoms. The van der Waals surface area contributed by atoms with Crippen LogP contribution in [0.5, 0.6) is 0 Å². The minimum atomic E-state index is -0.437. The third kappa shape index (κ3) is 12.3. The summed E-state index contributed by atoms with van der Waals surface area (Å²) in [5.41, 5.74) is 0.604. The molecule has 4 nitrogen and oxygen atoms in total. The van der Waals surface area contributed by atoms with Crippen molar-refractivity contribution in [2.75, 3.05) is 6.61 Å². The maximum atomic E-state index is 12.8. The van der Waals surface area contributed by atoms with Crippen LogP contribution in [-0.2, 0) is 9.47 Å². The molecule has 0 saturated carbocycles. The molecule has 182 valence electrons. The van der Waals surface area contributed by atoms with Crippen molar-refractivity contribution in [1.29, 1.82) is 0 Å². The van der Waals surface area contributed by atoms with Crippen molar-refractivity contribution in [3.05, 3.63) is 35.4 Å². The van der Waals surface area contributed by atoms with Crippen LogP contribution in [0.4, 0.5) is 0 Å². The van der Waals surface area contributed by atoms with E-state index in [-0.39, 0.29) is 6.10 Å². The Hall–Kier alpha value is -1.84. The lowest BCUT2D eigenvalue weighted by Crippen LogP contribution is -2.20. The zero-order valence-corrected chi connectivity index (χ0v) is 20.8. The Kier molecular flexibility index (Phi) is 16.5. The molecule has 0 spiro atoms. The molecule has 1 aromatic rings. The molecule has 4 heteroatoms. The molecule has 0 radical (unpaired) electrons.